The number of ether oxygens (including phenoxy) is 4. The third-order valence-electron chi connectivity index (χ3n) is 4.49. The predicted molar refractivity (Wildman–Crippen MR) is 125 cm³/mol. The summed E-state index contributed by atoms with van der Waals surface area (Å²) >= 11 is 0. The van der Waals surface area contributed by atoms with E-state index in [0.29, 0.717) is 11.3 Å². The minimum atomic E-state index is -1.46. The summed E-state index contributed by atoms with van der Waals surface area (Å²) in [4.78, 5) is 27.2. The second-order valence-electron chi connectivity index (χ2n) is 6.92. The van der Waals surface area contributed by atoms with Crippen LogP contribution in [0.3, 0.4) is 0 Å². The number of nitrogens with two attached hydrogens (primary N) is 1. The molecule has 0 aromatic heterocycles. The minimum Gasteiger partial charge on any atom is -0.490 e. The van der Waals surface area contributed by atoms with E-state index < -0.39 is 23.9 Å². The molecule has 0 aliphatic carbocycles. The number of hydrogen-bond acceptors (Lipinski definition) is 8. The molecule has 0 aliphatic rings. The number of aliphatic imine (C=N–C) groups is 1. The third-order valence-corrected chi connectivity index (χ3v) is 4.49. The first-order valence-electron chi connectivity index (χ1n) is 10.6. The third kappa shape index (κ3) is 8.12. The Balaban J connectivity index is 2.23. The molecule has 35 heavy (non-hydrogen) atoms. The predicted octanol–water partition coefficient (Wildman–Crippen LogP) is 2.32. The van der Waals surface area contributed by atoms with Gasteiger partial charge in [0, 0.05) is 30.0 Å². The summed E-state index contributed by atoms with van der Waals surface area (Å²) in [5, 5.41) is 21.4. The number of rotatable bonds is 13. The molecule has 1 amide bonds. The smallest absolute Gasteiger partial charge is 0.435 e. The number of nitrogens with zero attached hydrogens (tertiary/aromatic N) is 1. The van der Waals surface area contributed by atoms with Gasteiger partial charge in [-0.1, -0.05) is 0 Å². The molecule has 2 rings (SSSR count). The van der Waals surface area contributed by atoms with E-state index in [1.54, 1.807) is 6.92 Å². The van der Waals surface area contributed by atoms with Crippen molar-refractivity contribution in [3.63, 3.8) is 0 Å². The van der Waals surface area contributed by atoms with Crippen LogP contribution in [0.25, 0.3) is 0 Å². The van der Waals surface area contributed by atoms with E-state index in [1.165, 1.54) is 37.4 Å². The molecule has 2 aromatic carbocycles. The Morgan fingerprint density at radius 1 is 1.11 bits per heavy atom. The lowest BCUT2D eigenvalue weighted by molar-refractivity contribution is -0.138. The van der Waals surface area contributed by atoms with E-state index in [2.05, 4.69) is 10.3 Å². The lowest BCUT2D eigenvalue weighted by Crippen LogP contribution is -2.22. The van der Waals surface area contributed by atoms with Gasteiger partial charge in [0.2, 0.25) is 0 Å². The molecule has 11 nitrogen and oxygen atoms in total. The molecule has 0 fully saturated rings. The second-order valence-corrected chi connectivity index (χ2v) is 6.92. The number of halogens is 1. The number of hydrogen-bond donors (Lipinski definition) is 4. The minimum absolute atomic E-state index is 0.0294. The fourth-order valence-electron chi connectivity index (χ4n) is 2.89. The Morgan fingerprint density at radius 3 is 2.40 bits per heavy atom. The first kappa shape index (κ1) is 27.3. The number of carboxylic acid groups (broad SMARTS) is 1. The summed E-state index contributed by atoms with van der Waals surface area (Å²) < 4.78 is 35.1. The molecule has 1 atom stereocenters. The molecule has 1 unspecified atom stereocenters. The molecule has 0 saturated heterocycles. The first-order chi connectivity index (χ1) is 16.8. The number of carboxylic acids is 1. The van der Waals surface area contributed by atoms with Gasteiger partial charge in [0.15, 0.2) is 17.5 Å². The first-order valence-corrected chi connectivity index (χ1v) is 10.6. The van der Waals surface area contributed by atoms with Crippen LogP contribution in [0.2, 0.25) is 0 Å². The van der Waals surface area contributed by atoms with Crippen LogP contribution >= 0.6 is 0 Å². The zero-order chi connectivity index (χ0) is 25.8. The summed E-state index contributed by atoms with van der Waals surface area (Å²) in [5.74, 6) is -2.08. The highest BCUT2D eigenvalue weighted by atomic mass is 19.1. The number of aliphatic carboxylic acids is 1. The molecule has 0 saturated carbocycles. The van der Waals surface area contributed by atoms with Crippen LogP contribution in [-0.2, 0) is 14.3 Å². The summed E-state index contributed by atoms with van der Waals surface area (Å²) in [6, 6.07) is 6.82. The van der Waals surface area contributed by atoms with Crippen LogP contribution in [0.4, 0.5) is 14.9 Å². The van der Waals surface area contributed by atoms with Gasteiger partial charge in [-0.2, -0.15) is 4.99 Å². The Morgan fingerprint density at radius 2 is 1.80 bits per heavy atom. The van der Waals surface area contributed by atoms with E-state index in [4.69, 9.17) is 29.8 Å². The van der Waals surface area contributed by atoms with E-state index in [-0.39, 0.29) is 55.9 Å². The maximum atomic E-state index is 14.8. The van der Waals surface area contributed by atoms with Crippen molar-refractivity contribution in [2.24, 2.45) is 10.7 Å². The number of methoxy groups -OCH3 is 1. The number of aliphatic hydroxyl groups is 1. The maximum absolute atomic E-state index is 14.8. The fraction of sp³-hybridized carbons (Fsp3) is 0.348. The summed E-state index contributed by atoms with van der Waals surface area (Å²) in [7, 11) is 1.46. The van der Waals surface area contributed by atoms with Gasteiger partial charge < -0.3 is 40.2 Å². The van der Waals surface area contributed by atoms with Gasteiger partial charge in [-0.25, -0.2) is 14.0 Å². The largest absolute Gasteiger partial charge is 0.490 e. The van der Waals surface area contributed by atoms with E-state index in [1.807, 2.05) is 0 Å². The van der Waals surface area contributed by atoms with Gasteiger partial charge in [0.05, 0.1) is 19.8 Å². The number of carbonyl (C=O) groups excluding carboxylic acids is 1. The molecule has 0 aliphatic heterocycles. The zero-order valence-electron chi connectivity index (χ0n) is 19.3. The van der Waals surface area contributed by atoms with E-state index in [0.717, 1.165) is 6.07 Å². The standard InChI is InChI=1S/C23H28FN3O8/c1-3-33-18-12-16(17(24)13-19(18)34-9-8-28)20(22(29)30)26-15-6-4-14(5-7-15)21(25)27-23(31)35-11-10-32-2/h4-7,12-13,20,26,28H,3,8-11H2,1-2H3,(H,29,30)(H2,25,27,31). The van der Waals surface area contributed by atoms with Crippen LogP contribution in [0.5, 0.6) is 11.5 Å². The quantitative estimate of drug-likeness (QED) is 0.185. The normalized spacial score (nSPS) is 12.1. The number of anilines is 1. The lowest BCUT2D eigenvalue weighted by Gasteiger charge is -2.20. The van der Waals surface area contributed by atoms with Crippen LogP contribution < -0.4 is 20.5 Å². The highest BCUT2D eigenvalue weighted by Crippen LogP contribution is 2.34. The molecule has 2 aromatic rings. The van der Waals surface area contributed by atoms with Gasteiger partial charge in [-0.15, -0.1) is 0 Å². The van der Waals surface area contributed by atoms with E-state index in [9.17, 15) is 19.1 Å². The van der Waals surface area contributed by atoms with Crippen molar-refractivity contribution in [1.82, 2.24) is 0 Å². The molecular formula is C23H28FN3O8. The highest BCUT2D eigenvalue weighted by Gasteiger charge is 2.26. The molecule has 0 spiro atoms. The Labute approximate surface area is 201 Å². The molecule has 0 radical (unpaired) electrons. The Kier molecular flexibility index (Phi) is 10.7. The number of aliphatic hydroxyl groups excluding tert-OH is 1. The zero-order valence-corrected chi connectivity index (χ0v) is 19.3. The summed E-state index contributed by atoms with van der Waals surface area (Å²) in [5.41, 5.74) is 6.37. The van der Waals surface area contributed by atoms with Crippen molar-refractivity contribution < 1.29 is 43.1 Å². The van der Waals surface area contributed by atoms with Crippen molar-refractivity contribution in [2.45, 2.75) is 13.0 Å². The lowest BCUT2D eigenvalue weighted by atomic mass is 10.0. The number of amidine groups is 1. The van der Waals surface area contributed by atoms with Gasteiger partial charge in [-0.3, -0.25) is 0 Å². The molecule has 0 heterocycles. The van der Waals surface area contributed by atoms with Gasteiger partial charge in [-0.05, 0) is 37.3 Å². The van der Waals surface area contributed by atoms with Gasteiger partial charge in [0.1, 0.15) is 24.9 Å². The molecule has 0 bridgehead atoms. The second kappa shape index (κ2) is 13.7. The van der Waals surface area contributed by atoms with Gasteiger partial charge in [0.25, 0.3) is 0 Å². The van der Waals surface area contributed by atoms with Crippen molar-refractivity contribution in [2.75, 3.05) is 45.5 Å². The topological polar surface area (TPSA) is 162 Å². The number of benzene rings is 2. The van der Waals surface area contributed by atoms with Crippen molar-refractivity contribution in [1.29, 1.82) is 0 Å². The van der Waals surface area contributed by atoms with Crippen LogP contribution in [-0.4, -0.2) is 68.3 Å². The van der Waals surface area contributed by atoms with E-state index >= 15 is 0 Å². The molecular weight excluding hydrogens is 465 g/mol. The van der Waals surface area contributed by atoms with Crippen LogP contribution in [0.15, 0.2) is 41.4 Å². The monoisotopic (exact) mass is 493 g/mol. The molecule has 190 valence electrons. The number of amides is 1. The Bertz CT molecular complexity index is 1030. The molecule has 5 N–H and O–H groups in total. The number of carbonyl (C=O) groups is 2. The maximum Gasteiger partial charge on any atom is 0.435 e. The highest BCUT2D eigenvalue weighted by molar-refractivity contribution is 6.02. The summed E-state index contributed by atoms with van der Waals surface area (Å²) in [6.07, 6.45) is -0.875. The van der Waals surface area contributed by atoms with Gasteiger partial charge >= 0.3 is 12.1 Å². The molecule has 12 heteroatoms. The average molecular weight is 493 g/mol. The van der Waals surface area contributed by atoms with Crippen LogP contribution in [0.1, 0.15) is 24.1 Å². The SMILES string of the molecule is CCOc1cc(C(Nc2ccc(C(N)=NC(=O)OCCOC)cc2)C(=O)O)c(F)cc1OCCO. The summed E-state index contributed by atoms with van der Waals surface area (Å²) in [6.45, 7) is 1.83. The average Bonchev–Trinajstić information content (AvgIpc) is 2.83. The van der Waals surface area contributed by atoms with Crippen molar-refractivity contribution in [3.8, 4) is 11.5 Å². The van der Waals surface area contributed by atoms with Crippen molar-refractivity contribution in [3.05, 3.63) is 53.3 Å². The van der Waals surface area contributed by atoms with Crippen molar-refractivity contribution >= 4 is 23.6 Å². The van der Waals surface area contributed by atoms with Crippen LogP contribution in [0, 0.1) is 5.82 Å². The number of nitrogens with one attached hydrogen (secondary N) is 1. The fourth-order valence-corrected chi connectivity index (χ4v) is 2.89. The Hall–Kier alpha value is -3.90.